The van der Waals surface area contributed by atoms with E-state index in [2.05, 4.69) is 57.2 Å². The molecule has 0 radical (unpaired) electrons. The molecule has 0 aliphatic carbocycles. The Bertz CT molecular complexity index is 1290. The van der Waals surface area contributed by atoms with Crippen molar-refractivity contribution in [1.82, 2.24) is 0 Å². The normalized spacial score (nSPS) is 12.2. The lowest BCUT2D eigenvalue weighted by atomic mass is 10.0. The maximum Gasteiger partial charge on any atom is 0.306 e. The molecule has 0 bridgehead atoms. The maximum atomic E-state index is 12.9. The molecule has 1 unspecified atom stereocenters. The van der Waals surface area contributed by atoms with Crippen LogP contribution < -0.4 is 0 Å². The zero-order valence-electron chi connectivity index (χ0n) is 52.0. The summed E-state index contributed by atoms with van der Waals surface area (Å²) in [5.74, 6) is -0.866. The molecule has 0 aromatic heterocycles. The lowest BCUT2D eigenvalue weighted by Crippen LogP contribution is -2.30. The number of unbranched alkanes of at least 4 members (excludes halogenated alkanes) is 47. The number of ether oxygens (including phenoxy) is 3. The monoisotopic (exact) mass is 1080 g/mol. The van der Waals surface area contributed by atoms with Crippen LogP contribution >= 0.6 is 0 Å². The Morgan fingerprint density at radius 3 is 0.649 bits per heavy atom. The molecule has 0 saturated heterocycles. The summed E-state index contributed by atoms with van der Waals surface area (Å²) < 4.78 is 17.0. The Balaban J connectivity index is 4.24. The fourth-order valence-electron chi connectivity index (χ4n) is 10.4. The molecule has 0 aliphatic rings. The lowest BCUT2D eigenvalue weighted by Gasteiger charge is -2.18. The number of esters is 3. The Labute approximate surface area is 480 Å². The smallest absolute Gasteiger partial charge is 0.306 e. The molecule has 0 aromatic rings. The zero-order chi connectivity index (χ0) is 55.7. The van der Waals surface area contributed by atoms with Crippen molar-refractivity contribution in [2.24, 2.45) is 0 Å². The number of rotatable bonds is 64. The first-order valence-corrected chi connectivity index (χ1v) is 34.5. The van der Waals surface area contributed by atoms with E-state index in [0.29, 0.717) is 19.3 Å². The largest absolute Gasteiger partial charge is 0.462 e. The van der Waals surface area contributed by atoms with E-state index in [4.69, 9.17) is 14.2 Å². The number of hydrogen-bond acceptors (Lipinski definition) is 6. The molecular weight excluding hydrogens is 949 g/mol. The summed E-state index contributed by atoms with van der Waals surface area (Å²) in [5.41, 5.74) is 0. The molecule has 0 fully saturated rings. The van der Waals surface area contributed by atoms with Gasteiger partial charge < -0.3 is 14.2 Å². The van der Waals surface area contributed by atoms with Crippen LogP contribution in [0.4, 0.5) is 0 Å². The van der Waals surface area contributed by atoms with Crippen molar-refractivity contribution in [3.63, 3.8) is 0 Å². The Kier molecular flexibility index (Phi) is 64.1. The van der Waals surface area contributed by atoms with E-state index in [1.807, 2.05) is 0 Å². The van der Waals surface area contributed by atoms with E-state index in [1.165, 1.54) is 270 Å². The molecule has 0 aromatic carbocycles. The van der Waals surface area contributed by atoms with Crippen molar-refractivity contribution in [1.29, 1.82) is 0 Å². The molecule has 0 saturated carbocycles. The fraction of sp³-hybridized carbons (Fsp3) is 0.873. The summed E-state index contributed by atoms with van der Waals surface area (Å²) in [6.45, 7) is 6.68. The van der Waals surface area contributed by atoms with Crippen molar-refractivity contribution in [3.05, 3.63) is 36.5 Å². The Morgan fingerprint density at radius 1 is 0.247 bits per heavy atom. The third-order valence-electron chi connectivity index (χ3n) is 15.6. The van der Waals surface area contributed by atoms with E-state index >= 15 is 0 Å². The minimum atomic E-state index is -0.779. The van der Waals surface area contributed by atoms with E-state index in [0.717, 1.165) is 70.6 Å². The van der Waals surface area contributed by atoms with Gasteiger partial charge in [0.2, 0.25) is 0 Å². The minimum Gasteiger partial charge on any atom is -0.462 e. The van der Waals surface area contributed by atoms with E-state index in [1.54, 1.807) is 0 Å². The van der Waals surface area contributed by atoms with Gasteiger partial charge in [0.15, 0.2) is 6.10 Å². The predicted octanol–water partition coefficient (Wildman–Crippen LogP) is 23.6. The highest BCUT2D eigenvalue weighted by Crippen LogP contribution is 2.18. The first kappa shape index (κ1) is 74.6. The van der Waals surface area contributed by atoms with Crippen LogP contribution in [0.1, 0.15) is 380 Å². The third-order valence-corrected chi connectivity index (χ3v) is 15.6. The van der Waals surface area contributed by atoms with Gasteiger partial charge in [-0.05, 0) is 96.3 Å². The summed E-state index contributed by atoms with van der Waals surface area (Å²) in [5, 5.41) is 0. The second kappa shape index (κ2) is 66.1. The van der Waals surface area contributed by atoms with Crippen molar-refractivity contribution >= 4 is 17.9 Å². The van der Waals surface area contributed by atoms with Gasteiger partial charge in [-0.3, -0.25) is 14.4 Å². The standard InChI is InChI=1S/C71H132O6/c1-4-7-10-13-16-19-22-25-28-31-32-33-34-35-36-37-38-39-40-41-44-46-49-52-55-58-61-64-70(73)76-67-68(77-71(74)65-62-59-56-53-50-47-43-30-27-24-21-18-15-12-9-6-3)66-75-69(72)63-60-57-54-51-48-45-42-29-26-23-20-17-14-11-8-5-2/h29-32,42-43,68H,4-28,33-41,44-67H2,1-3H3/b32-31-,42-29-,43-30-. The van der Waals surface area contributed by atoms with Gasteiger partial charge in [-0.2, -0.15) is 0 Å². The summed E-state index contributed by atoms with van der Waals surface area (Å²) in [6, 6.07) is 0. The fourth-order valence-corrected chi connectivity index (χ4v) is 10.4. The summed E-state index contributed by atoms with van der Waals surface area (Å²) in [6.07, 6.45) is 81.7. The molecular formula is C71H132O6. The van der Waals surface area contributed by atoms with Crippen molar-refractivity contribution in [2.45, 2.75) is 386 Å². The van der Waals surface area contributed by atoms with Crippen LogP contribution in [0.5, 0.6) is 0 Å². The minimum absolute atomic E-state index is 0.0743. The van der Waals surface area contributed by atoms with Gasteiger partial charge in [0, 0.05) is 19.3 Å². The SMILES string of the molecule is CCCCCCCCC/C=C\CCCCCCCC(=O)OCC(COC(=O)CCCCCCCCCCCCCCCCC/C=C\CCCCCCCCCC)OC(=O)CCCCCCC/C=C\CCCCCCCCC. The highest BCUT2D eigenvalue weighted by molar-refractivity contribution is 5.71. The van der Waals surface area contributed by atoms with Crippen molar-refractivity contribution in [3.8, 4) is 0 Å². The van der Waals surface area contributed by atoms with Crippen LogP contribution in [-0.4, -0.2) is 37.2 Å². The number of carbonyl (C=O) groups excluding carboxylic acids is 3. The van der Waals surface area contributed by atoms with Gasteiger partial charge in [-0.25, -0.2) is 0 Å². The third kappa shape index (κ3) is 64.3. The summed E-state index contributed by atoms with van der Waals surface area (Å²) in [7, 11) is 0. The van der Waals surface area contributed by atoms with Crippen LogP contribution in [0, 0.1) is 0 Å². The topological polar surface area (TPSA) is 78.9 Å². The van der Waals surface area contributed by atoms with Gasteiger partial charge >= 0.3 is 17.9 Å². The molecule has 6 nitrogen and oxygen atoms in total. The highest BCUT2D eigenvalue weighted by Gasteiger charge is 2.19. The number of carbonyl (C=O) groups is 3. The molecule has 0 spiro atoms. The van der Waals surface area contributed by atoms with Gasteiger partial charge in [0.25, 0.3) is 0 Å². The van der Waals surface area contributed by atoms with Gasteiger partial charge in [-0.15, -0.1) is 0 Å². The molecule has 6 heteroatoms. The molecule has 0 amide bonds. The quantitative estimate of drug-likeness (QED) is 0.0261. The lowest BCUT2D eigenvalue weighted by molar-refractivity contribution is -0.167. The van der Waals surface area contributed by atoms with Crippen LogP contribution in [0.2, 0.25) is 0 Å². The summed E-state index contributed by atoms with van der Waals surface area (Å²) >= 11 is 0. The van der Waals surface area contributed by atoms with Crippen molar-refractivity contribution < 1.29 is 28.6 Å². The average Bonchev–Trinajstić information content (AvgIpc) is 3.43. The molecule has 0 aliphatic heterocycles. The first-order chi connectivity index (χ1) is 38.0. The molecule has 1 atom stereocenters. The molecule has 0 rings (SSSR count). The Hall–Kier alpha value is -2.37. The maximum absolute atomic E-state index is 12.9. The second-order valence-corrected chi connectivity index (χ2v) is 23.4. The van der Waals surface area contributed by atoms with Crippen LogP contribution in [0.3, 0.4) is 0 Å². The molecule has 452 valence electrons. The number of hydrogen-bond donors (Lipinski definition) is 0. The predicted molar refractivity (Wildman–Crippen MR) is 335 cm³/mol. The van der Waals surface area contributed by atoms with Crippen molar-refractivity contribution in [2.75, 3.05) is 13.2 Å². The van der Waals surface area contributed by atoms with Crippen LogP contribution in [0.15, 0.2) is 36.5 Å². The van der Waals surface area contributed by atoms with Crippen LogP contribution in [0.25, 0.3) is 0 Å². The highest BCUT2D eigenvalue weighted by atomic mass is 16.6. The zero-order valence-corrected chi connectivity index (χ0v) is 52.0. The molecule has 0 heterocycles. The second-order valence-electron chi connectivity index (χ2n) is 23.4. The molecule has 0 N–H and O–H groups in total. The first-order valence-electron chi connectivity index (χ1n) is 34.5. The van der Waals surface area contributed by atoms with E-state index in [9.17, 15) is 14.4 Å². The molecule has 77 heavy (non-hydrogen) atoms. The number of allylic oxidation sites excluding steroid dienone is 6. The van der Waals surface area contributed by atoms with Gasteiger partial charge in [0.1, 0.15) is 13.2 Å². The van der Waals surface area contributed by atoms with Gasteiger partial charge in [0.05, 0.1) is 0 Å². The van der Waals surface area contributed by atoms with Gasteiger partial charge in [-0.1, -0.05) is 301 Å². The summed E-state index contributed by atoms with van der Waals surface area (Å²) in [4.78, 5) is 38.4. The average molecular weight is 1080 g/mol. The van der Waals surface area contributed by atoms with E-state index in [-0.39, 0.29) is 31.1 Å². The Morgan fingerprint density at radius 2 is 0.429 bits per heavy atom. The van der Waals surface area contributed by atoms with E-state index < -0.39 is 6.10 Å². The van der Waals surface area contributed by atoms with Crippen LogP contribution in [-0.2, 0) is 28.6 Å².